The molecule has 2 aromatic carbocycles. The van der Waals surface area contributed by atoms with Crippen molar-refractivity contribution in [3.05, 3.63) is 64.4 Å². The molecule has 2 unspecified atom stereocenters. The summed E-state index contributed by atoms with van der Waals surface area (Å²) in [5.74, 6) is 2.32. The maximum Gasteiger partial charge on any atom is 0.160 e. The molecule has 4 heteroatoms. The zero-order chi connectivity index (χ0) is 29.1. The third kappa shape index (κ3) is 3.40. The molecule has 0 spiro atoms. The lowest BCUT2D eigenvalue weighted by molar-refractivity contribution is -0.145. The van der Waals surface area contributed by atoms with Crippen LogP contribution in [-0.2, 0) is 5.41 Å². The fourth-order valence-electron chi connectivity index (χ4n) is 10.5. The third-order valence-corrected chi connectivity index (χ3v) is 13.3. The lowest BCUT2D eigenvalue weighted by Gasteiger charge is -2.69. The van der Waals surface area contributed by atoms with Crippen molar-refractivity contribution in [1.29, 1.82) is 0 Å². The number of phenols is 2. The van der Waals surface area contributed by atoms with Crippen LogP contribution in [0.25, 0.3) is 10.9 Å². The van der Waals surface area contributed by atoms with E-state index < -0.39 is 0 Å². The topological polar surface area (TPSA) is 65.5 Å². The summed E-state index contributed by atoms with van der Waals surface area (Å²) in [6.45, 7) is 14.7. The molecular weight excluding hydrogens is 506 g/mol. The second kappa shape index (κ2) is 8.58. The van der Waals surface area contributed by atoms with Gasteiger partial charge in [0, 0.05) is 28.4 Å². The highest BCUT2D eigenvalue weighted by molar-refractivity contribution is 5.86. The molecule has 1 heterocycles. The molecule has 4 aliphatic rings. The normalized spacial score (nSPS) is 37.9. The molecule has 3 saturated carbocycles. The van der Waals surface area contributed by atoms with Crippen molar-refractivity contribution in [2.75, 3.05) is 7.11 Å². The Morgan fingerprint density at radius 1 is 0.976 bits per heavy atom. The van der Waals surface area contributed by atoms with Gasteiger partial charge in [0.1, 0.15) is 5.75 Å². The molecule has 1 aromatic heterocycles. The van der Waals surface area contributed by atoms with Gasteiger partial charge in [0.25, 0.3) is 0 Å². The highest BCUT2D eigenvalue weighted by Crippen LogP contribution is 2.74. The maximum absolute atomic E-state index is 11.0. The molecule has 4 nitrogen and oxygen atoms in total. The van der Waals surface area contributed by atoms with Crippen LogP contribution >= 0.6 is 0 Å². The van der Waals surface area contributed by atoms with Gasteiger partial charge in [-0.2, -0.15) is 0 Å². The average molecular weight is 554 g/mol. The number of aromatic nitrogens is 1. The van der Waals surface area contributed by atoms with Gasteiger partial charge in [0.05, 0.1) is 7.11 Å². The smallest absolute Gasteiger partial charge is 0.160 e. The molecule has 3 aromatic rings. The largest absolute Gasteiger partial charge is 0.504 e. The van der Waals surface area contributed by atoms with Gasteiger partial charge in [-0.1, -0.05) is 52.7 Å². The molecule has 218 valence electrons. The zero-order valence-corrected chi connectivity index (χ0v) is 25.9. The van der Waals surface area contributed by atoms with Crippen molar-refractivity contribution < 1.29 is 14.9 Å². The monoisotopic (exact) mass is 553 g/mol. The van der Waals surface area contributed by atoms with Gasteiger partial charge in [-0.15, -0.1) is 0 Å². The van der Waals surface area contributed by atoms with Gasteiger partial charge >= 0.3 is 0 Å². The van der Waals surface area contributed by atoms with Crippen LogP contribution in [0.1, 0.15) is 108 Å². The van der Waals surface area contributed by atoms with Crippen molar-refractivity contribution in [3.63, 3.8) is 0 Å². The number of methoxy groups -OCH3 is 1. The number of fused-ring (bicyclic) bond motifs is 8. The first-order valence-electron chi connectivity index (χ1n) is 15.8. The minimum Gasteiger partial charge on any atom is -0.504 e. The summed E-state index contributed by atoms with van der Waals surface area (Å²) in [6, 6.07) is 8.12. The van der Waals surface area contributed by atoms with E-state index in [4.69, 9.17) is 4.74 Å². The van der Waals surface area contributed by atoms with Gasteiger partial charge in [-0.3, -0.25) is 0 Å². The molecule has 3 fully saturated rings. The number of benzene rings is 2. The van der Waals surface area contributed by atoms with Crippen LogP contribution in [0.5, 0.6) is 17.2 Å². The number of hydrogen-bond donors (Lipinski definition) is 3. The number of rotatable bonds is 2. The molecular formula is C37H47NO3. The van der Waals surface area contributed by atoms with Crippen molar-refractivity contribution in [1.82, 2.24) is 4.98 Å². The summed E-state index contributed by atoms with van der Waals surface area (Å²) in [5, 5.41) is 23.2. The zero-order valence-electron chi connectivity index (χ0n) is 25.9. The third-order valence-electron chi connectivity index (χ3n) is 13.3. The van der Waals surface area contributed by atoms with Crippen molar-refractivity contribution >= 4 is 10.9 Å². The van der Waals surface area contributed by atoms with Crippen molar-refractivity contribution in [3.8, 4) is 17.2 Å². The Labute approximate surface area is 245 Å². The van der Waals surface area contributed by atoms with E-state index in [9.17, 15) is 10.2 Å². The second-order valence-corrected chi connectivity index (χ2v) is 15.2. The quantitative estimate of drug-likeness (QED) is 0.219. The molecule has 41 heavy (non-hydrogen) atoms. The Bertz CT molecular complexity index is 1600. The SMILES string of the molecule is COc1ccc2[nH]cc(C3C=C4[C@@](C)(CC[C@@]5(C)C6C[C@@H](C)CC[C@]6(C)CC[C@]45C)c4cc(O)c(O)c(C)c43)c2c1. The van der Waals surface area contributed by atoms with Crippen LogP contribution in [-0.4, -0.2) is 22.3 Å². The lowest BCUT2D eigenvalue weighted by atomic mass is 9.35. The molecule has 0 bridgehead atoms. The number of allylic oxidation sites excluding steroid dienone is 2. The van der Waals surface area contributed by atoms with E-state index in [2.05, 4.69) is 64.0 Å². The Balaban J connectivity index is 1.48. The molecule has 7 atom stereocenters. The summed E-state index contributed by atoms with van der Waals surface area (Å²) in [7, 11) is 1.72. The van der Waals surface area contributed by atoms with E-state index in [0.717, 1.165) is 46.0 Å². The first kappa shape index (κ1) is 27.0. The highest BCUT2D eigenvalue weighted by atomic mass is 16.5. The van der Waals surface area contributed by atoms with E-state index in [1.807, 2.05) is 19.1 Å². The van der Waals surface area contributed by atoms with Crippen LogP contribution in [0.15, 0.2) is 42.1 Å². The van der Waals surface area contributed by atoms with Gasteiger partial charge in [0.15, 0.2) is 11.5 Å². The molecule has 3 N–H and O–H groups in total. The van der Waals surface area contributed by atoms with E-state index in [0.29, 0.717) is 5.41 Å². The summed E-state index contributed by atoms with van der Waals surface area (Å²) < 4.78 is 5.63. The summed E-state index contributed by atoms with van der Waals surface area (Å²) in [4.78, 5) is 3.52. The number of H-pyrrole nitrogens is 1. The summed E-state index contributed by atoms with van der Waals surface area (Å²) >= 11 is 0. The van der Waals surface area contributed by atoms with Gasteiger partial charge in [-0.25, -0.2) is 0 Å². The van der Waals surface area contributed by atoms with E-state index in [-0.39, 0.29) is 33.7 Å². The van der Waals surface area contributed by atoms with Gasteiger partial charge < -0.3 is 19.9 Å². The molecule has 4 aliphatic carbocycles. The number of ether oxygens (including phenoxy) is 1. The number of nitrogens with one attached hydrogen (secondary N) is 1. The Morgan fingerprint density at radius 3 is 2.51 bits per heavy atom. The summed E-state index contributed by atoms with van der Waals surface area (Å²) in [6.07, 6.45) is 13.5. The van der Waals surface area contributed by atoms with Crippen molar-refractivity contribution in [2.45, 2.75) is 97.8 Å². The summed E-state index contributed by atoms with van der Waals surface area (Å²) in [5.41, 5.74) is 7.48. The fraction of sp³-hybridized carbons (Fsp3) is 0.568. The van der Waals surface area contributed by atoms with E-state index >= 15 is 0 Å². The minimum absolute atomic E-state index is 0.00103. The number of aromatic hydroxyl groups is 2. The molecule has 0 radical (unpaired) electrons. The maximum atomic E-state index is 11.0. The Hall–Kier alpha value is -2.88. The highest BCUT2D eigenvalue weighted by Gasteiger charge is 2.65. The first-order chi connectivity index (χ1) is 19.4. The van der Waals surface area contributed by atoms with Crippen LogP contribution in [0.4, 0.5) is 0 Å². The van der Waals surface area contributed by atoms with Crippen LogP contribution in [0.2, 0.25) is 0 Å². The molecule has 0 amide bonds. The lowest BCUT2D eigenvalue weighted by Crippen LogP contribution is -2.61. The molecule has 7 rings (SSSR count). The molecule has 0 saturated heterocycles. The standard InChI is InChI=1S/C37H47NO3/c1-21-10-11-34(3)12-14-37(6)31-18-25(26-20-38-28-9-8-23(41-7)17-24(26)28)32-22(2)33(40)29(39)19-27(32)35(31,4)13-15-36(37,5)30(34)16-21/h8-9,17-21,25,30,38-40H,10-16H2,1-7H3/t21-,25?,30?,34+,35-,36-,37+/m0/s1. The average Bonchev–Trinajstić information content (AvgIpc) is 3.37. The number of aromatic amines is 1. The first-order valence-corrected chi connectivity index (χ1v) is 15.8. The second-order valence-electron chi connectivity index (χ2n) is 15.2. The molecule has 0 aliphatic heterocycles. The van der Waals surface area contributed by atoms with Crippen LogP contribution in [0.3, 0.4) is 0 Å². The van der Waals surface area contributed by atoms with Crippen molar-refractivity contribution in [2.24, 2.45) is 28.1 Å². The van der Waals surface area contributed by atoms with Crippen LogP contribution in [0, 0.1) is 35.0 Å². The van der Waals surface area contributed by atoms with E-state index in [1.165, 1.54) is 49.7 Å². The Morgan fingerprint density at radius 2 is 1.76 bits per heavy atom. The van der Waals surface area contributed by atoms with Crippen LogP contribution < -0.4 is 4.74 Å². The Kier molecular flexibility index (Phi) is 5.65. The van der Waals surface area contributed by atoms with Gasteiger partial charge in [-0.05, 0) is 120 Å². The van der Waals surface area contributed by atoms with E-state index in [1.54, 1.807) is 12.7 Å². The minimum atomic E-state index is -0.187. The number of hydrogen-bond acceptors (Lipinski definition) is 3. The predicted octanol–water partition coefficient (Wildman–Crippen LogP) is 9.27. The van der Waals surface area contributed by atoms with Gasteiger partial charge in [0.2, 0.25) is 0 Å². The fourth-order valence-corrected chi connectivity index (χ4v) is 10.5. The predicted molar refractivity (Wildman–Crippen MR) is 166 cm³/mol. The number of phenolic OH excluding ortho intramolecular Hbond substituents is 2.